The maximum Gasteiger partial charge on any atom is 0.335 e. The molecule has 3 saturated heterocycles. The predicted octanol–water partition coefficient (Wildman–Crippen LogP) is 2.10. The van der Waals surface area contributed by atoms with Gasteiger partial charge in [0.1, 0.15) is 67.1 Å². The van der Waals surface area contributed by atoms with E-state index in [1.54, 1.807) is 19.9 Å². The van der Waals surface area contributed by atoms with Crippen molar-refractivity contribution in [3.63, 3.8) is 0 Å². The van der Waals surface area contributed by atoms with Crippen molar-refractivity contribution >= 4 is 11.9 Å². The van der Waals surface area contributed by atoms with Crippen LogP contribution in [0.5, 0.6) is 0 Å². The van der Waals surface area contributed by atoms with Crippen molar-refractivity contribution in [2.24, 2.45) is 50.7 Å². The van der Waals surface area contributed by atoms with Crippen molar-refractivity contribution in [2.75, 3.05) is 33.5 Å². The van der Waals surface area contributed by atoms with Gasteiger partial charge < -0.3 is 89.0 Å². The molecule has 7 rings (SSSR count). The van der Waals surface area contributed by atoms with Crippen LogP contribution in [0.2, 0.25) is 0 Å². The van der Waals surface area contributed by atoms with Crippen LogP contribution in [-0.2, 0) is 47.5 Å². The summed E-state index contributed by atoms with van der Waals surface area (Å²) in [7, 11) is 1.18. The van der Waals surface area contributed by atoms with E-state index in [2.05, 4.69) is 47.6 Å². The van der Waals surface area contributed by atoms with Crippen molar-refractivity contribution < 1.29 is 98.5 Å². The topological polar surface area (TPSA) is 310 Å². The first-order valence-corrected chi connectivity index (χ1v) is 26.7. The summed E-state index contributed by atoms with van der Waals surface area (Å²) in [6, 6.07) is 0. The van der Waals surface area contributed by atoms with Gasteiger partial charge in [-0.1, -0.05) is 73.1 Å². The highest BCUT2D eigenvalue weighted by Gasteiger charge is 2.72. The number of carboxylic acids is 1. The van der Waals surface area contributed by atoms with Gasteiger partial charge in [-0.15, -0.1) is 0 Å². The molecule has 0 spiro atoms. The highest BCUT2D eigenvalue weighted by molar-refractivity contribution is 5.87. The molecule has 10 N–H and O–H groups in total. The number of carboxylic acid groups (broad SMARTS) is 1. The molecule has 0 aromatic heterocycles. The Labute approximate surface area is 435 Å². The van der Waals surface area contributed by atoms with Crippen LogP contribution < -0.4 is 0 Å². The Hall–Kier alpha value is -2.22. The second-order valence-electron chi connectivity index (χ2n) is 24.6. The minimum absolute atomic E-state index is 0.00284. The number of methoxy groups -OCH3 is 1. The molecule has 20 nitrogen and oxygen atoms in total. The lowest BCUT2D eigenvalue weighted by atomic mass is 9.34. The van der Waals surface area contributed by atoms with E-state index in [9.17, 15) is 60.7 Å². The van der Waals surface area contributed by atoms with Gasteiger partial charge in [-0.2, -0.15) is 0 Å². The summed E-state index contributed by atoms with van der Waals surface area (Å²) in [5.41, 5.74) is -3.56. The lowest BCUT2D eigenvalue weighted by Crippen LogP contribution is -2.74. The van der Waals surface area contributed by atoms with Crippen molar-refractivity contribution in [3.8, 4) is 0 Å². The zero-order chi connectivity index (χ0) is 55.1. The molecule has 3 saturated carbocycles. The van der Waals surface area contributed by atoms with Crippen LogP contribution in [0, 0.1) is 50.7 Å². The first-order chi connectivity index (χ1) is 34.5. The minimum Gasteiger partial charge on any atom is -0.479 e. The summed E-state index contributed by atoms with van der Waals surface area (Å²) in [6.07, 6.45) is -13.1. The molecule has 424 valence electrons. The third-order valence-corrected chi connectivity index (χ3v) is 20.3. The lowest BCUT2D eigenvalue weighted by Gasteiger charge is -2.71. The molecule has 23 atom stereocenters. The number of carbonyl (C=O) groups excluding carboxylic acids is 1. The molecule has 0 amide bonds. The van der Waals surface area contributed by atoms with Crippen LogP contribution in [0.3, 0.4) is 0 Å². The third kappa shape index (κ3) is 9.17. The molecule has 20 heteroatoms. The molecule has 0 bridgehead atoms. The summed E-state index contributed by atoms with van der Waals surface area (Å²) in [6.45, 7) is 19.4. The maximum absolute atomic E-state index is 13.4. The number of aliphatic carboxylic acids is 1. The molecule has 23 unspecified atom stereocenters. The average Bonchev–Trinajstić information content (AvgIpc) is 3.62. The van der Waals surface area contributed by atoms with Crippen molar-refractivity contribution in [2.45, 2.75) is 218 Å². The van der Waals surface area contributed by atoms with Gasteiger partial charge in [-0.3, -0.25) is 0 Å². The molecule has 3 aliphatic heterocycles. The number of hydrogen-bond acceptors (Lipinski definition) is 19. The second-order valence-corrected chi connectivity index (χ2v) is 24.6. The van der Waals surface area contributed by atoms with Crippen molar-refractivity contribution in [1.82, 2.24) is 0 Å². The molecule has 7 aliphatic rings. The van der Waals surface area contributed by atoms with Gasteiger partial charge in [0, 0.05) is 12.7 Å². The fourth-order valence-corrected chi connectivity index (χ4v) is 16.0. The van der Waals surface area contributed by atoms with E-state index in [1.165, 1.54) is 19.6 Å². The highest BCUT2D eigenvalue weighted by Crippen LogP contribution is 2.75. The van der Waals surface area contributed by atoms with Crippen LogP contribution in [-0.4, -0.2) is 194 Å². The Morgan fingerprint density at radius 2 is 1.53 bits per heavy atom. The van der Waals surface area contributed by atoms with E-state index in [1.807, 2.05) is 13.8 Å². The number of aliphatic hydroxyl groups excluding tert-OH is 8. The summed E-state index contributed by atoms with van der Waals surface area (Å²) in [4.78, 5) is 26.6. The number of carbonyl (C=O) groups is 2. The number of esters is 1. The Morgan fingerprint density at radius 3 is 2.08 bits per heavy atom. The molecule has 0 aromatic rings. The zero-order valence-electron chi connectivity index (χ0n) is 45.4. The summed E-state index contributed by atoms with van der Waals surface area (Å²) < 4.78 is 49.5. The first kappa shape index (κ1) is 59.4. The van der Waals surface area contributed by atoms with Gasteiger partial charge in [-0.25, -0.2) is 9.59 Å². The monoisotopic (exact) mass is 1060 g/mol. The normalized spacial score (nSPS) is 48.8. The Morgan fingerprint density at radius 1 is 0.865 bits per heavy atom. The summed E-state index contributed by atoms with van der Waals surface area (Å²) >= 11 is 0. The molecule has 74 heavy (non-hydrogen) atoms. The second kappa shape index (κ2) is 21.4. The lowest BCUT2D eigenvalue weighted by molar-refractivity contribution is -0.421. The number of allylic oxidation sites excluding steroid dienone is 3. The number of fused-ring (bicyclic) bond motifs is 5. The van der Waals surface area contributed by atoms with E-state index < -0.39 is 145 Å². The Bertz CT molecular complexity index is 2080. The smallest absolute Gasteiger partial charge is 0.335 e. The number of hydrogen-bond donors (Lipinski definition) is 10. The Balaban J connectivity index is 1.24. The number of rotatable bonds is 16. The van der Waals surface area contributed by atoms with E-state index >= 15 is 0 Å². The molecular formula is C54H88O20. The largest absolute Gasteiger partial charge is 0.479 e. The highest BCUT2D eigenvalue weighted by atomic mass is 16.8. The standard InChI is InChI=1S/C54H88O20/c1-13-27(5)45(65)72-41(26(3)4)53(24-57)28(14-2)29-15-16-33-49(8)19-18-35(48(6,7)32(49)17-20-50(33,9)51(29,10)21-34(53)58)70-47-43(73-46-38(61)37(60)36(59)30(22-55)69-46)52(11,42(67-12)39(71-47)44(63)64)74-54(66)25-68-31(23-56)40(54)62/h13,15,26,28,30-43,46-47,55-62,66H,14,16-25H2,1-12H3,(H,63,64). The molecule has 6 fully saturated rings. The van der Waals surface area contributed by atoms with E-state index in [0.717, 1.165) is 19.3 Å². The molecule has 0 radical (unpaired) electrons. The van der Waals surface area contributed by atoms with Gasteiger partial charge in [0.05, 0.1) is 37.4 Å². The van der Waals surface area contributed by atoms with Gasteiger partial charge in [-0.05, 0) is 111 Å². The third-order valence-electron chi connectivity index (χ3n) is 20.3. The van der Waals surface area contributed by atoms with E-state index in [0.29, 0.717) is 31.3 Å². The quantitative estimate of drug-likeness (QED) is 0.0348. The van der Waals surface area contributed by atoms with Crippen LogP contribution in [0.4, 0.5) is 0 Å². The van der Waals surface area contributed by atoms with Crippen LogP contribution in [0.15, 0.2) is 23.3 Å². The molecule has 0 aromatic carbocycles. The van der Waals surface area contributed by atoms with Crippen LogP contribution in [0.25, 0.3) is 0 Å². The summed E-state index contributed by atoms with van der Waals surface area (Å²) in [5.74, 6) is -4.99. The molecule has 4 aliphatic carbocycles. The minimum atomic E-state index is -2.61. The van der Waals surface area contributed by atoms with Crippen LogP contribution >= 0.6 is 0 Å². The maximum atomic E-state index is 13.4. The fraction of sp³-hybridized carbons (Fsp3) is 0.889. The van der Waals surface area contributed by atoms with Gasteiger partial charge >= 0.3 is 11.9 Å². The van der Waals surface area contributed by atoms with Gasteiger partial charge in [0.25, 0.3) is 0 Å². The molecule has 3 heterocycles. The SMILES string of the molecule is CC=C(C)C(=O)OC(C(C)C)C1(CO)C(O)CC2(C)C(=CCC3C4(C)CCC(OC5OC(C(=O)O)C(OC)C(C)(OC6(O)COC(CO)C6O)C5OC5OC(CO)C(O)C(O)C5O)C(C)(C)C4CCC32C)C1CC. The van der Waals surface area contributed by atoms with Gasteiger partial charge in [0.15, 0.2) is 18.7 Å². The Kier molecular flexibility index (Phi) is 17.2. The number of ether oxygens (including phenoxy) is 8. The summed E-state index contributed by atoms with van der Waals surface area (Å²) in [5, 5.41) is 111. The zero-order valence-corrected chi connectivity index (χ0v) is 45.4. The van der Waals surface area contributed by atoms with E-state index in [4.69, 9.17) is 37.9 Å². The van der Waals surface area contributed by atoms with Crippen LogP contribution in [0.1, 0.15) is 121 Å². The number of aliphatic hydroxyl groups is 9. The van der Waals surface area contributed by atoms with Gasteiger partial charge in [0.2, 0.25) is 5.79 Å². The van der Waals surface area contributed by atoms with Crippen molar-refractivity contribution in [1.29, 1.82) is 0 Å². The predicted molar refractivity (Wildman–Crippen MR) is 262 cm³/mol. The van der Waals surface area contributed by atoms with E-state index in [-0.39, 0.29) is 41.1 Å². The van der Waals surface area contributed by atoms with Crippen molar-refractivity contribution in [3.05, 3.63) is 23.3 Å². The molecular weight excluding hydrogens is 969 g/mol. The average molecular weight is 1060 g/mol. The first-order valence-electron chi connectivity index (χ1n) is 26.7. The fourth-order valence-electron chi connectivity index (χ4n) is 16.0.